The molecule has 0 spiro atoms. The zero-order valence-corrected chi connectivity index (χ0v) is 16.8. The lowest BCUT2D eigenvalue weighted by molar-refractivity contribution is -0.114. The summed E-state index contributed by atoms with van der Waals surface area (Å²) in [5.41, 5.74) is 3.69. The second kappa shape index (κ2) is 10.3. The normalized spacial score (nSPS) is 10.5. The van der Waals surface area contributed by atoms with Gasteiger partial charge in [-0.3, -0.25) is 9.59 Å². The number of carbonyl (C=O) groups is 2. The summed E-state index contributed by atoms with van der Waals surface area (Å²) in [6.45, 7) is 1.42. The van der Waals surface area contributed by atoms with Crippen molar-refractivity contribution in [2.45, 2.75) is 6.92 Å². The minimum absolute atomic E-state index is 0.0718. The maximum Gasteiger partial charge on any atom is 0.267 e. The van der Waals surface area contributed by atoms with Crippen LogP contribution >= 0.6 is 0 Å². The van der Waals surface area contributed by atoms with Gasteiger partial charge in [0.2, 0.25) is 5.91 Å². The standard InChI is InChI=1S/C24H21N5O2/c1-17(30)27-21-11-13-23(14-12-21)29-24(31)18(15-25)16-26-19-7-9-22(10-8-19)28-20-5-3-2-4-6-20/h2-14,16,26,28H,1H3,(H,27,30)(H,29,31)/b18-16-. The van der Waals surface area contributed by atoms with Gasteiger partial charge in [-0.25, -0.2) is 0 Å². The molecular formula is C24H21N5O2. The molecule has 0 aliphatic rings. The molecule has 0 heterocycles. The highest BCUT2D eigenvalue weighted by atomic mass is 16.2. The number of benzene rings is 3. The van der Waals surface area contributed by atoms with Crippen molar-refractivity contribution in [2.24, 2.45) is 0 Å². The lowest BCUT2D eigenvalue weighted by atomic mass is 10.2. The Labute approximate surface area is 180 Å². The highest BCUT2D eigenvalue weighted by Gasteiger charge is 2.09. The third-order valence-corrected chi connectivity index (χ3v) is 4.16. The van der Waals surface area contributed by atoms with Gasteiger partial charge in [0.25, 0.3) is 5.91 Å². The average molecular weight is 411 g/mol. The van der Waals surface area contributed by atoms with Crippen LogP contribution in [0, 0.1) is 11.3 Å². The third-order valence-electron chi connectivity index (χ3n) is 4.16. The van der Waals surface area contributed by atoms with E-state index in [2.05, 4.69) is 21.3 Å². The maximum absolute atomic E-state index is 12.4. The van der Waals surface area contributed by atoms with Gasteiger partial charge >= 0.3 is 0 Å². The van der Waals surface area contributed by atoms with E-state index in [-0.39, 0.29) is 11.5 Å². The zero-order chi connectivity index (χ0) is 22.1. The highest BCUT2D eigenvalue weighted by molar-refractivity contribution is 6.06. The van der Waals surface area contributed by atoms with Gasteiger partial charge in [-0.05, 0) is 60.7 Å². The highest BCUT2D eigenvalue weighted by Crippen LogP contribution is 2.19. The van der Waals surface area contributed by atoms with Gasteiger partial charge in [0.15, 0.2) is 0 Å². The first kappa shape index (κ1) is 21.1. The number of hydrogen-bond acceptors (Lipinski definition) is 5. The largest absolute Gasteiger partial charge is 0.360 e. The van der Waals surface area contributed by atoms with Crippen LogP contribution in [-0.4, -0.2) is 11.8 Å². The van der Waals surface area contributed by atoms with Crippen molar-refractivity contribution in [3.05, 3.63) is 90.6 Å². The number of nitrogens with zero attached hydrogens (tertiary/aromatic N) is 1. The molecule has 154 valence electrons. The Bertz CT molecular complexity index is 1120. The molecular weight excluding hydrogens is 390 g/mol. The van der Waals surface area contributed by atoms with Crippen molar-refractivity contribution >= 4 is 40.3 Å². The molecule has 0 saturated heterocycles. The molecule has 0 atom stereocenters. The van der Waals surface area contributed by atoms with E-state index in [1.807, 2.05) is 60.7 Å². The van der Waals surface area contributed by atoms with Crippen molar-refractivity contribution in [1.82, 2.24) is 0 Å². The molecule has 4 N–H and O–H groups in total. The summed E-state index contributed by atoms with van der Waals surface area (Å²) in [6.07, 6.45) is 1.36. The van der Waals surface area contributed by atoms with Gasteiger partial charge in [-0.15, -0.1) is 0 Å². The lowest BCUT2D eigenvalue weighted by Crippen LogP contribution is -2.14. The fourth-order valence-electron chi connectivity index (χ4n) is 2.68. The summed E-state index contributed by atoms with van der Waals surface area (Å²) in [5.74, 6) is -0.717. The number of nitrogens with one attached hydrogen (secondary N) is 4. The first-order valence-electron chi connectivity index (χ1n) is 9.51. The zero-order valence-electron chi connectivity index (χ0n) is 16.8. The van der Waals surface area contributed by atoms with Gasteiger partial charge in [0.1, 0.15) is 11.6 Å². The second-order valence-electron chi connectivity index (χ2n) is 6.60. The predicted molar refractivity (Wildman–Crippen MR) is 123 cm³/mol. The van der Waals surface area contributed by atoms with E-state index in [9.17, 15) is 14.9 Å². The molecule has 2 amide bonds. The third kappa shape index (κ3) is 6.48. The second-order valence-corrected chi connectivity index (χ2v) is 6.60. The molecule has 3 aromatic carbocycles. The van der Waals surface area contributed by atoms with Crippen LogP contribution in [0.2, 0.25) is 0 Å². The molecule has 31 heavy (non-hydrogen) atoms. The summed E-state index contributed by atoms with van der Waals surface area (Å²) in [7, 11) is 0. The van der Waals surface area contributed by atoms with Gasteiger partial charge < -0.3 is 21.3 Å². The van der Waals surface area contributed by atoms with E-state index in [1.165, 1.54) is 13.1 Å². The van der Waals surface area contributed by atoms with Gasteiger partial charge in [-0.1, -0.05) is 18.2 Å². The number of para-hydroxylation sites is 1. The Kier molecular flexibility index (Phi) is 7.01. The predicted octanol–water partition coefficient (Wildman–Crippen LogP) is 4.85. The molecule has 3 rings (SSSR count). The Balaban J connectivity index is 1.59. The van der Waals surface area contributed by atoms with Crippen LogP contribution in [0.4, 0.5) is 28.4 Å². The summed E-state index contributed by atoms with van der Waals surface area (Å²) in [6, 6.07) is 25.8. The molecule has 7 heteroatoms. The first-order valence-corrected chi connectivity index (χ1v) is 9.51. The summed E-state index contributed by atoms with van der Waals surface area (Å²) >= 11 is 0. The van der Waals surface area contributed by atoms with E-state index < -0.39 is 5.91 Å². The first-order chi connectivity index (χ1) is 15.0. The average Bonchev–Trinajstić information content (AvgIpc) is 2.77. The van der Waals surface area contributed by atoms with Crippen molar-refractivity contribution in [2.75, 3.05) is 21.3 Å². The number of hydrogen-bond donors (Lipinski definition) is 4. The molecule has 0 aromatic heterocycles. The fraction of sp³-hybridized carbons (Fsp3) is 0.0417. The molecule has 0 saturated carbocycles. The number of carbonyl (C=O) groups excluding carboxylic acids is 2. The van der Waals surface area contributed by atoms with Crippen LogP contribution in [0.15, 0.2) is 90.6 Å². The molecule has 3 aromatic rings. The van der Waals surface area contributed by atoms with Crippen LogP contribution in [0.5, 0.6) is 0 Å². The minimum atomic E-state index is -0.537. The number of rotatable bonds is 7. The quantitative estimate of drug-likeness (QED) is 0.329. The SMILES string of the molecule is CC(=O)Nc1ccc(NC(=O)/C(C#N)=C\Nc2ccc(Nc3ccccc3)cc2)cc1. The van der Waals surface area contributed by atoms with Crippen molar-refractivity contribution in [3.8, 4) is 6.07 Å². The van der Waals surface area contributed by atoms with Gasteiger partial charge in [0, 0.05) is 41.6 Å². The maximum atomic E-state index is 12.4. The van der Waals surface area contributed by atoms with Crippen LogP contribution in [-0.2, 0) is 9.59 Å². The molecule has 0 unspecified atom stereocenters. The monoisotopic (exact) mass is 411 g/mol. The Morgan fingerprint density at radius 3 is 1.84 bits per heavy atom. The number of anilines is 5. The Morgan fingerprint density at radius 1 is 0.742 bits per heavy atom. The summed E-state index contributed by atoms with van der Waals surface area (Å²) in [5, 5.41) is 20.9. The minimum Gasteiger partial charge on any atom is -0.360 e. The van der Waals surface area contributed by atoms with E-state index in [4.69, 9.17) is 0 Å². The number of nitriles is 1. The van der Waals surface area contributed by atoms with Gasteiger partial charge in [-0.2, -0.15) is 5.26 Å². The molecule has 0 aliphatic carbocycles. The summed E-state index contributed by atoms with van der Waals surface area (Å²) < 4.78 is 0. The van der Waals surface area contributed by atoms with Crippen LogP contribution < -0.4 is 21.3 Å². The van der Waals surface area contributed by atoms with Crippen LogP contribution in [0.3, 0.4) is 0 Å². The Morgan fingerprint density at radius 2 is 1.26 bits per heavy atom. The Hall–Kier alpha value is -4.57. The van der Waals surface area contributed by atoms with Crippen LogP contribution in [0.25, 0.3) is 0 Å². The molecule has 7 nitrogen and oxygen atoms in total. The molecule has 0 bridgehead atoms. The fourth-order valence-corrected chi connectivity index (χ4v) is 2.68. The molecule has 0 aliphatic heterocycles. The van der Waals surface area contributed by atoms with Crippen molar-refractivity contribution in [1.29, 1.82) is 5.26 Å². The van der Waals surface area contributed by atoms with E-state index in [1.54, 1.807) is 24.3 Å². The molecule has 0 fully saturated rings. The van der Waals surface area contributed by atoms with Crippen LogP contribution in [0.1, 0.15) is 6.92 Å². The smallest absolute Gasteiger partial charge is 0.267 e. The molecule has 0 radical (unpaired) electrons. The number of amides is 2. The summed E-state index contributed by atoms with van der Waals surface area (Å²) in [4.78, 5) is 23.4. The van der Waals surface area contributed by atoms with Gasteiger partial charge in [0.05, 0.1) is 0 Å². The van der Waals surface area contributed by atoms with Crippen molar-refractivity contribution < 1.29 is 9.59 Å². The lowest BCUT2D eigenvalue weighted by Gasteiger charge is -2.08. The van der Waals surface area contributed by atoms with E-state index in [0.717, 1.165) is 17.1 Å². The van der Waals surface area contributed by atoms with E-state index >= 15 is 0 Å². The topological polar surface area (TPSA) is 106 Å². The van der Waals surface area contributed by atoms with Crippen molar-refractivity contribution in [3.63, 3.8) is 0 Å². The van der Waals surface area contributed by atoms with E-state index in [0.29, 0.717) is 11.4 Å².